The van der Waals surface area contributed by atoms with Gasteiger partial charge in [-0.05, 0) is 22.2 Å². The molecular weight excluding hydrogens is 1230 g/mol. The van der Waals surface area contributed by atoms with Gasteiger partial charge in [0.05, 0.1) is 65.2 Å². The first-order chi connectivity index (χ1) is 45.5. The molecule has 0 heterocycles. The number of ether oxygens (including phenoxy) is 4. The van der Waals surface area contributed by atoms with Crippen LogP contribution >= 0.6 is 0 Å². The van der Waals surface area contributed by atoms with Crippen LogP contribution in [0.25, 0.3) is 20.9 Å². The largest absolute Gasteiger partial charge is 0.461 e. The van der Waals surface area contributed by atoms with Gasteiger partial charge in [-0.3, -0.25) is 47.9 Å². The van der Waals surface area contributed by atoms with Crippen molar-refractivity contribution in [1.29, 1.82) is 0 Å². The summed E-state index contributed by atoms with van der Waals surface area (Å²) in [5.74, 6) is -6.65. The van der Waals surface area contributed by atoms with Crippen LogP contribution in [0.2, 0.25) is 0 Å². The predicted molar refractivity (Wildman–Crippen MR) is 344 cm³/mol. The molecule has 2 aromatic rings. The standard InChI is InChI=1S/C30H64N16O6.C28H34N6O8/c1-24(47)44-26(23-28(49)41-17-15-39-13-11-37-9-7-35-5-3-32)30(51)45-25(29(50)42-18-20-52-21-19-43-46-33)22-27(48)40-16-14-38-12-10-36-8-6-34-4-2-31;1-20(35)32-24(17-26(37)42-19-22-10-6-3-7-11-22)28(39)33-23(27(38)30-12-14-40-15-13-31-34-29)16-25(36)41-18-21-8-4-2-5-9-21/h25-26,34-39H,2-23,31-32H2,1H3,(H,40,48)(H,41,49)(H,42,50)(H,44,47)(H,45,51);2-11,23-24H,12-19H2,1H3,(H,30,38)(H,32,35)(H,33,39)/p+2/t25-,26+;23-,24+/m00/s1. The molecule has 2 rings (SSSR count). The van der Waals surface area contributed by atoms with Gasteiger partial charge in [-0.1, -0.05) is 70.9 Å². The molecule has 94 heavy (non-hydrogen) atoms. The first-order valence-electron chi connectivity index (χ1n) is 31.2. The molecule has 4 atom stereocenters. The molecule has 8 amide bonds. The fourth-order valence-electron chi connectivity index (χ4n) is 7.85. The topological polar surface area (TPSA) is 529 Å². The van der Waals surface area contributed by atoms with Crippen molar-refractivity contribution in [2.24, 2.45) is 10.2 Å². The van der Waals surface area contributed by atoms with Crippen molar-refractivity contribution in [2.75, 3.05) is 157 Å². The summed E-state index contributed by atoms with van der Waals surface area (Å²) < 4.78 is 21.0. The van der Waals surface area contributed by atoms with Gasteiger partial charge in [-0.15, -0.1) is 0 Å². The highest BCUT2D eigenvalue weighted by atomic mass is 16.5. The van der Waals surface area contributed by atoms with Gasteiger partial charge in [0.2, 0.25) is 47.3 Å². The first kappa shape index (κ1) is 83.4. The lowest BCUT2D eigenvalue weighted by Crippen LogP contribution is -2.56. The Morgan fingerprint density at radius 2 is 0.723 bits per heavy atom. The van der Waals surface area contributed by atoms with Gasteiger partial charge in [0.25, 0.3) is 0 Å². The second kappa shape index (κ2) is 57.1. The molecule has 0 saturated heterocycles. The number of hydrogen-bond donors (Lipinski definition) is 16. The summed E-state index contributed by atoms with van der Waals surface area (Å²) in [6.07, 6.45) is -1.79. The molecule has 0 aliphatic carbocycles. The molecule has 0 aromatic heterocycles. The highest BCUT2D eigenvalue weighted by Gasteiger charge is 2.32. The number of benzene rings is 2. The average Bonchev–Trinajstić information content (AvgIpc) is 1.45. The Hall–Kier alpha value is -8.64. The molecule has 0 spiro atoms. The molecule has 524 valence electrons. The van der Waals surface area contributed by atoms with Gasteiger partial charge in [0, 0.05) is 141 Å². The molecule has 0 aliphatic rings. The number of hydrogen-bond acceptors (Lipinski definition) is 22. The summed E-state index contributed by atoms with van der Waals surface area (Å²) in [4.78, 5) is 132. The van der Waals surface area contributed by atoms with E-state index in [1.807, 2.05) is 12.1 Å². The number of carbonyl (C=O) groups is 10. The van der Waals surface area contributed by atoms with E-state index >= 15 is 0 Å². The lowest BCUT2D eigenvalue weighted by molar-refractivity contribution is -0.365. The van der Waals surface area contributed by atoms with Gasteiger partial charge < -0.3 is 105 Å². The van der Waals surface area contributed by atoms with Crippen LogP contribution < -0.4 is 85.9 Å². The number of amides is 8. The minimum atomic E-state index is -1.39. The van der Waals surface area contributed by atoms with Crippen LogP contribution in [0.5, 0.6) is 0 Å². The van der Waals surface area contributed by atoms with E-state index in [1.54, 1.807) is 48.5 Å². The van der Waals surface area contributed by atoms with Crippen molar-refractivity contribution in [3.05, 3.63) is 92.7 Å². The van der Waals surface area contributed by atoms with Crippen LogP contribution in [-0.2, 0) is 80.1 Å². The van der Waals surface area contributed by atoms with E-state index in [1.165, 1.54) is 13.8 Å². The minimum Gasteiger partial charge on any atom is -0.461 e. The van der Waals surface area contributed by atoms with E-state index in [4.69, 9.17) is 30.0 Å². The maximum Gasteiger partial charge on any atom is 0.308 e. The zero-order chi connectivity index (χ0) is 69.1. The zero-order valence-corrected chi connectivity index (χ0v) is 54.1. The van der Waals surface area contributed by atoms with Crippen LogP contribution in [0.3, 0.4) is 0 Å². The number of rotatable bonds is 54. The summed E-state index contributed by atoms with van der Waals surface area (Å²) in [5, 5.41) is 46.5. The summed E-state index contributed by atoms with van der Waals surface area (Å²) in [6, 6.07) is 12.4. The smallest absolute Gasteiger partial charge is 0.308 e. The quantitative estimate of drug-likeness (QED) is 0.00964. The minimum absolute atomic E-state index is 0.0292. The number of azide groups is 2. The Morgan fingerprint density at radius 3 is 1.06 bits per heavy atom. The monoisotopic (exact) mass is 1330 g/mol. The lowest BCUT2D eigenvalue weighted by atomic mass is 10.1. The summed E-state index contributed by atoms with van der Waals surface area (Å²) in [7, 11) is 0. The third kappa shape index (κ3) is 47.3. The number of nitrogens with one attached hydrogen (secondary N) is 14. The zero-order valence-electron chi connectivity index (χ0n) is 54.1. The van der Waals surface area contributed by atoms with Crippen molar-refractivity contribution < 1.29 is 78.4 Å². The number of quaternary nitrogens is 2. The van der Waals surface area contributed by atoms with Crippen molar-refractivity contribution in [3.8, 4) is 0 Å². The fraction of sp³-hybridized carbons (Fsp3) is 0.621. The van der Waals surface area contributed by atoms with Crippen molar-refractivity contribution in [1.82, 2.24) is 74.4 Å². The van der Waals surface area contributed by atoms with Crippen LogP contribution in [0.1, 0.15) is 50.7 Å². The van der Waals surface area contributed by atoms with E-state index < -0.39 is 96.2 Å². The average molecular weight is 1330 g/mol. The number of nitrogens with zero attached hydrogens (tertiary/aromatic N) is 6. The van der Waals surface area contributed by atoms with Gasteiger partial charge in [0.15, 0.2) is 0 Å². The third-order valence-corrected chi connectivity index (χ3v) is 12.4. The van der Waals surface area contributed by atoms with Crippen LogP contribution in [-0.4, -0.2) is 241 Å². The Kier molecular flexibility index (Phi) is 50.6. The van der Waals surface area contributed by atoms with Crippen LogP contribution in [0.4, 0.5) is 0 Å². The molecule has 20 N–H and O–H groups in total. The summed E-state index contributed by atoms with van der Waals surface area (Å²) in [6.45, 7) is 14.4. The van der Waals surface area contributed by atoms with Crippen molar-refractivity contribution >= 4 is 59.2 Å². The molecule has 0 unspecified atom stereocenters. The van der Waals surface area contributed by atoms with E-state index in [2.05, 4.69) is 106 Å². The Labute approximate surface area is 547 Å². The van der Waals surface area contributed by atoms with Crippen LogP contribution in [0, 0.1) is 0 Å². The van der Waals surface area contributed by atoms with Gasteiger partial charge in [-0.2, -0.15) is 0 Å². The molecule has 0 fully saturated rings. The Bertz CT molecular complexity index is 2590. The summed E-state index contributed by atoms with van der Waals surface area (Å²) in [5.41, 5.74) is 25.6. The molecule has 0 radical (unpaired) electrons. The molecule has 36 nitrogen and oxygen atoms in total. The molecule has 0 bridgehead atoms. The number of esters is 2. The Balaban J connectivity index is 0.000000959. The molecule has 0 saturated carbocycles. The van der Waals surface area contributed by atoms with Crippen LogP contribution in [0.15, 0.2) is 70.9 Å². The predicted octanol–water partition coefficient (Wildman–Crippen LogP) is -5.86. The van der Waals surface area contributed by atoms with E-state index in [0.717, 1.165) is 76.6 Å². The lowest BCUT2D eigenvalue weighted by Gasteiger charge is -2.22. The highest BCUT2D eigenvalue weighted by molar-refractivity contribution is 5.97. The molecule has 0 aliphatic heterocycles. The second-order valence-electron chi connectivity index (χ2n) is 20.4. The van der Waals surface area contributed by atoms with E-state index in [0.29, 0.717) is 39.3 Å². The van der Waals surface area contributed by atoms with Crippen molar-refractivity contribution in [3.63, 3.8) is 0 Å². The van der Waals surface area contributed by atoms with E-state index in [9.17, 15) is 47.9 Å². The molecule has 36 heteroatoms. The van der Waals surface area contributed by atoms with Gasteiger partial charge in [-0.25, -0.2) is 0 Å². The highest BCUT2D eigenvalue weighted by Crippen LogP contribution is 2.08. The third-order valence-electron chi connectivity index (χ3n) is 12.4. The number of carbonyl (C=O) groups excluding carboxylic acids is 10. The first-order valence-corrected chi connectivity index (χ1v) is 31.2. The van der Waals surface area contributed by atoms with Crippen molar-refractivity contribution in [2.45, 2.75) is 76.9 Å². The Morgan fingerprint density at radius 1 is 0.404 bits per heavy atom. The fourth-order valence-corrected chi connectivity index (χ4v) is 7.85. The second-order valence-corrected chi connectivity index (χ2v) is 20.4. The van der Waals surface area contributed by atoms with Gasteiger partial charge in [0.1, 0.15) is 37.4 Å². The summed E-state index contributed by atoms with van der Waals surface area (Å²) >= 11 is 0. The normalized spacial score (nSPS) is 11.8. The van der Waals surface area contributed by atoms with E-state index in [-0.39, 0.29) is 78.7 Å². The SMILES string of the molecule is CC(=O)N[C@H](CC(=O)NCCNCCNCCNCC[NH3+])C(=O)N[C@@H](CC(=O)NCCNCCNCCNCC[NH3+])C(=O)NCCOCCN=[N+]=[N-].CC(=O)N[C@H](CC(=O)OCc1ccccc1)C(=O)N[C@@H](CC(=O)OCc1ccccc1)C(=O)NCCOCCN=[N+]=[N-]. The molecular formula is C58H100N22O14+2. The van der Waals surface area contributed by atoms with Gasteiger partial charge >= 0.3 is 11.9 Å². The maximum absolute atomic E-state index is 13.3. The maximum atomic E-state index is 13.3. The molecule has 2 aromatic carbocycles.